The summed E-state index contributed by atoms with van der Waals surface area (Å²) >= 11 is 0. The highest BCUT2D eigenvalue weighted by Gasteiger charge is 2.13. The van der Waals surface area contributed by atoms with Gasteiger partial charge in [-0.3, -0.25) is 4.68 Å². The average molecular weight is 154 g/mol. The van der Waals surface area contributed by atoms with Crippen molar-refractivity contribution in [2.45, 2.75) is 25.0 Å². The van der Waals surface area contributed by atoms with Gasteiger partial charge in [-0.2, -0.15) is 5.10 Å². The summed E-state index contributed by atoms with van der Waals surface area (Å²) in [5, 5.41) is 2.55. The van der Waals surface area contributed by atoms with E-state index in [9.17, 15) is 0 Å². The molecule has 0 saturated heterocycles. The highest BCUT2D eigenvalue weighted by molar-refractivity contribution is 6.56. The fourth-order valence-corrected chi connectivity index (χ4v) is 0.847. The van der Waals surface area contributed by atoms with Crippen LogP contribution in [0, 0.1) is 0 Å². The number of rotatable bonds is 2. The minimum Gasteiger partial charge on any atom is -0.292 e. The molecule has 0 spiro atoms. The van der Waals surface area contributed by atoms with E-state index in [1.54, 1.807) is 12.4 Å². The van der Waals surface area contributed by atoms with Crippen molar-refractivity contribution >= 4 is 23.5 Å². The van der Waals surface area contributed by atoms with Gasteiger partial charge in [0.25, 0.3) is 0 Å². The lowest BCUT2D eigenvalue weighted by Crippen LogP contribution is -2.35. The summed E-state index contributed by atoms with van der Waals surface area (Å²) in [6.07, 6.45) is 3.47. The topological polar surface area (TPSA) is 17.8 Å². The summed E-state index contributed by atoms with van der Waals surface area (Å²) in [6, 6.07) is 0. The van der Waals surface area contributed by atoms with Crippen LogP contribution in [0.1, 0.15) is 25.3 Å². The summed E-state index contributed by atoms with van der Waals surface area (Å²) in [6.45, 7) is 4.12. The van der Waals surface area contributed by atoms with Gasteiger partial charge in [-0.25, -0.2) is 0 Å². The fourth-order valence-electron chi connectivity index (χ4n) is 0.847. The molecule has 0 amide bonds. The highest BCUT2D eigenvalue weighted by Crippen LogP contribution is 2.14. The Bertz CT molecular complexity index is 262. The average Bonchev–Trinajstić information content (AvgIpc) is 2.30. The summed E-state index contributed by atoms with van der Waals surface area (Å²) in [7, 11) is 16.3. The lowest BCUT2D eigenvalue weighted by atomic mass is 9.49. The molecule has 0 aliphatic heterocycles. The summed E-state index contributed by atoms with van der Waals surface area (Å²) < 4.78 is 1.35. The van der Waals surface area contributed by atoms with Gasteiger partial charge in [0.1, 0.15) is 0 Å². The normalized spacial score (nSPS) is 12.2. The van der Waals surface area contributed by atoms with Crippen LogP contribution in [0.4, 0.5) is 0 Å². The summed E-state index contributed by atoms with van der Waals surface area (Å²) in [4.78, 5) is 0. The minimum atomic E-state index is -1.40. The molecule has 0 atom stereocenters. The molecule has 0 aromatic carbocycles. The first-order chi connectivity index (χ1) is 5.41. The van der Waals surface area contributed by atoms with E-state index in [-0.39, 0.29) is 0 Å². The van der Waals surface area contributed by atoms with Crippen LogP contribution in [0.25, 0.3) is 0 Å². The standard InChI is InChI=1S/C7H9B3N2/c1-5(2)6-3-11-12(4-6)7(8,9)10/h3-5H,1-2H3. The van der Waals surface area contributed by atoms with E-state index in [0.29, 0.717) is 5.92 Å². The fraction of sp³-hybridized carbons (Fsp3) is 0.571. The summed E-state index contributed by atoms with van der Waals surface area (Å²) in [5.74, 6) is 0.404. The van der Waals surface area contributed by atoms with Crippen molar-refractivity contribution < 1.29 is 0 Å². The molecule has 1 aromatic rings. The largest absolute Gasteiger partial charge is 0.292 e. The van der Waals surface area contributed by atoms with Crippen molar-refractivity contribution in [3.8, 4) is 0 Å². The molecule has 0 aliphatic rings. The Labute approximate surface area is 77.0 Å². The van der Waals surface area contributed by atoms with Gasteiger partial charge in [0.15, 0.2) is 0 Å². The lowest BCUT2D eigenvalue weighted by Gasteiger charge is -2.20. The van der Waals surface area contributed by atoms with Crippen LogP contribution in [-0.2, 0) is 5.24 Å². The Balaban J connectivity index is 2.92. The summed E-state index contributed by atoms with van der Waals surface area (Å²) in [5.41, 5.74) is 1.07. The molecule has 0 bridgehead atoms. The number of aromatic nitrogens is 2. The molecular weight excluding hydrogens is 145 g/mol. The van der Waals surface area contributed by atoms with Crippen molar-refractivity contribution in [3.05, 3.63) is 18.0 Å². The highest BCUT2D eigenvalue weighted by atomic mass is 15.3. The molecular formula is C7H9B3N2. The smallest absolute Gasteiger partial charge is 0.0801 e. The lowest BCUT2D eigenvalue weighted by molar-refractivity contribution is 0.669. The van der Waals surface area contributed by atoms with E-state index in [2.05, 4.69) is 18.9 Å². The quantitative estimate of drug-likeness (QED) is 0.551. The maximum Gasteiger partial charge on any atom is 0.0801 e. The molecule has 12 heavy (non-hydrogen) atoms. The zero-order chi connectivity index (χ0) is 9.35. The van der Waals surface area contributed by atoms with Crippen molar-refractivity contribution in [1.82, 2.24) is 9.78 Å². The molecule has 1 heterocycles. The predicted molar refractivity (Wildman–Crippen MR) is 51.6 cm³/mol. The second kappa shape index (κ2) is 3.04. The zero-order valence-electron chi connectivity index (χ0n) is 7.36. The van der Waals surface area contributed by atoms with Gasteiger partial charge in [-0.05, 0) is 16.7 Å². The second-order valence-electron chi connectivity index (χ2n) is 3.26. The van der Waals surface area contributed by atoms with E-state index >= 15 is 0 Å². The molecule has 0 N–H and O–H groups in total. The molecule has 0 unspecified atom stereocenters. The Morgan fingerprint density at radius 2 is 2.00 bits per heavy atom. The van der Waals surface area contributed by atoms with Gasteiger partial charge in [0.2, 0.25) is 0 Å². The first-order valence-corrected chi connectivity index (χ1v) is 3.83. The van der Waals surface area contributed by atoms with E-state index in [1.807, 2.05) is 0 Å². The van der Waals surface area contributed by atoms with Gasteiger partial charge in [0.05, 0.1) is 29.7 Å². The van der Waals surface area contributed by atoms with Crippen molar-refractivity contribution in [2.75, 3.05) is 0 Å². The minimum absolute atomic E-state index is 0.404. The predicted octanol–water partition coefficient (Wildman–Crippen LogP) is 0.0798. The van der Waals surface area contributed by atoms with Crippen LogP contribution in [0.15, 0.2) is 12.4 Å². The zero-order valence-corrected chi connectivity index (χ0v) is 7.36. The molecule has 56 valence electrons. The Kier molecular flexibility index (Phi) is 2.40. The number of nitrogens with zero attached hydrogens (tertiary/aromatic N) is 2. The van der Waals surface area contributed by atoms with E-state index in [0.717, 1.165) is 5.56 Å². The van der Waals surface area contributed by atoms with Crippen LogP contribution in [0.5, 0.6) is 0 Å². The van der Waals surface area contributed by atoms with Gasteiger partial charge in [-0.15, -0.1) is 0 Å². The maximum absolute atomic E-state index is 5.43. The van der Waals surface area contributed by atoms with Crippen molar-refractivity contribution in [2.24, 2.45) is 0 Å². The molecule has 1 rings (SSSR count). The Morgan fingerprint density at radius 1 is 1.42 bits per heavy atom. The van der Waals surface area contributed by atoms with Crippen LogP contribution >= 0.6 is 0 Å². The third-order valence-electron chi connectivity index (χ3n) is 1.67. The number of hydrogen-bond acceptors (Lipinski definition) is 1. The molecule has 5 heteroatoms. The van der Waals surface area contributed by atoms with Crippen LogP contribution in [0.3, 0.4) is 0 Å². The van der Waals surface area contributed by atoms with E-state index in [1.165, 1.54) is 4.68 Å². The maximum atomic E-state index is 5.43. The van der Waals surface area contributed by atoms with Gasteiger partial charge < -0.3 is 0 Å². The van der Waals surface area contributed by atoms with E-state index < -0.39 is 5.24 Å². The van der Waals surface area contributed by atoms with Crippen molar-refractivity contribution in [3.63, 3.8) is 0 Å². The molecule has 0 fully saturated rings. The van der Waals surface area contributed by atoms with Gasteiger partial charge in [-0.1, -0.05) is 13.8 Å². The third-order valence-corrected chi connectivity index (χ3v) is 1.67. The molecule has 0 saturated carbocycles. The SMILES string of the molecule is [B]C([B])([B])n1cc(C(C)C)cn1. The molecule has 2 nitrogen and oxygen atoms in total. The molecule has 0 aliphatic carbocycles. The van der Waals surface area contributed by atoms with Crippen LogP contribution in [0.2, 0.25) is 0 Å². The molecule has 1 aromatic heterocycles. The molecule has 6 radical (unpaired) electrons. The first-order valence-electron chi connectivity index (χ1n) is 3.83. The second-order valence-corrected chi connectivity index (χ2v) is 3.26. The van der Waals surface area contributed by atoms with Crippen LogP contribution in [-0.4, -0.2) is 33.3 Å². The number of hydrogen-bond donors (Lipinski definition) is 0. The van der Waals surface area contributed by atoms with E-state index in [4.69, 9.17) is 23.5 Å². The third kappa shape index (κ3) is 1.96. The van der Waals surface area contributed by atoms with Crippen molar-refractivity contribution in [1.29, 1.82) is 0 Å². The first kappa shape index (κ1) is 9.49. The monoisotopic (exact) mass is 154 g/mol. The van der Waals surface area contributed by atoms with Gasteiger partial charge >= 0.3 is 0 Å². The Morgan fingerprint density at radius 3 is 2.25 bits per heavy atom. The van der Waals surface area contributed by atoms with Gasteiger partial charge in [0, 0.05) is 6.20 Å². The van der Waals surface area contributed by atoms with Crippen LogP contribution < -0.4 is 0 Å². The Hall–Kier alpha value is -0.595.